The number of H-pyrrole nitrogens is 1. The van der Waals surface area contributed by atoms with Crippen LogP contribution in [0.25, 0.3) is 16.8 Å². The zero-order chi connectivity index (χ0) is 12.6. The third-order valence-electron chi connectivity index (χ3n) is 2.82. The Morgan fingerprint density at radius 3 is 2.94 bits per heavy atom. The topological polar surface area (TPSA) is 59.9 Å². The minimum Gasteiger partial charge on any atom is -0.497 e. The van der Waals surface area contributed by atoms with Gasteiger partial charge in [0.15, 0.2) is 0 Å². The van der Waals surface area contributed by atoms with Crippen molar-refractivity contribution >= 4 is 16.8 Å². The minimum atomic E-state index is -0.197. The summed E-state index contributed by atoms with van der Waals surface area (Å²) >= 11 is 0. The van der Waals surface area contributed by atoms with E-state index in [0.717, 1.165) is 23.1 Å². The summed E-state index contributed by atoms with van der Waals surface area (Å²) in [5.74, 6) is 0.358. The van der Waals surface area contributed by atoms with Crippen LogP contribution in [0.15, 0.2) is 17.6 Å². The van der Waals surface area contributed by atoms with Crippen LogP contribution < -0.4 is 5.56 Å². The van der Waals surface area contributed by atoms with Crippen LogP contribution in [0.5, 0.6) is 0 Å². The van der Waals surface area contributed by atoms with E-state index in [1.165, 1.54) is 7.11 Å². The van der Waals surface area contributed by atoms with Gasteiger partial charge in [-0.25, -0.2) is 0 Å². The SMILES string of the molecule is C=C(OC)c1c(C)c2nn(CC)cc2[nH]c1=O. The molecule has 17 heavy (non-hydrogen) atoms. The molecule has 0 saturated carbocycles. The molecule has 5 nitrogen and oxygen atoms in total. The summed E-state index contributed by atoms with van der Waals surface area (Å²) in [5, 5.41) is 4.40. The fraction of sp³-hybridized carbons (Fsp3) is 0.333. The van der Waals surface area contributed by atoms with E-state index in [1.807, 2.05) is 20.0 Å². The van der Waals surface area contributed by atoms with Crippen molar-refractivity contribution in [1.29, 1.82) is 0 Å². The van der Waals surface area contributed by atoms with Crippen LogP contribution >= 0.6 is 0 Å². The molecule has 0 atom stereocenters. The molecule has 0 saturated heterocycles. The summed E-state index contributed by atoms with van der Waals surface area (Å²) in [5.41, 5.74) is 2.57. The molecular weight excluding hydrogens is 218 g/mol. The number of hydrogen-bond donors (Lipinski definition) is 1. The van der Waals surface area contributed by atoms with Crippen LogP contribution in [-0.4, -0.2) is 21.9 Å². The van der Waals surface area contributed by atoms with Crippen molar-refractivity contribution in [3.63, 3.8) is 0 Å². The summed E-state index contributed by atoms with van der Waals surface area (Å²) in [7, 11) is 1.50. The molecule has 5 heteroatoms. The lowest BCUT2D eigenvalue weighted by molar-refractivity contribution is 0.370. The van der Waals surface area contributed by atoms with E-state index in [-0.39, 0.29) is 5.56 Å². The maximum Gasteiger partial charge on any atom is 0.259 e. The Morgan fingerprint density at radius 2 is 2.35 bits per heavy atom. The van der Waals surface area contributed by atoms with Crippen molar-refractivity contribution in [2.24, 2.45) is 0 Å². The van der Waals surface area contributed by atoms with Crippen molar-refractivity contribution < 1.29 is 4.74 Å². The van der Waals surface area contributed by atoms with Gasteiger partial charge in [-0.1, -0.05) is 6.58 Å². The molecule has 2 rings (SSSR count). The van der Waals surface area contributed by atoms with Crippen LogP contribution in [0.4, 0.5) is 0 Å². The van der Waals surface area contributed by atoms with Gasteiger partial charge in [-0.05, 0) is 19.4 Å². The first-order valence-corrected chi connectivity index (χ1v) is 5.41. The van der Waals surface area contributed by atoms with Gasteiger partial charge in [0.05, 0.1) is 18.2 Å². The molecule has 2 heterocycles. The van der Waals surface area contributed by atoms with E-state index < -0.39 is 0 Å². The predicted molar refractivity (Wildman–Crippen MR) is 66.8 cm³/mol. The van der Waals surface area contributed by atoms with Gasteiger partial charge in [0.25, 0.3) is 5.56 Å². The Hall–Kier alpha value is -2.04. The number of aromatic amines is 1. The third kappa shape index (κ3) is 1.73. The van der Waals surface area contributed by atoms with Gasteiger partial charge in [-0.3, -0.25) is 9.48 Å². The van der Waals surface area contributed by atoms with Crippen molar-refractivity contribution in [2.45, 2.75) is 20.4 Å². The highest BCUT2D eigenvalue weighted by Gasteiger charge is 2.14. The van der Waals surface area contributed by atoms with E-state index in [1.54, 1.807) is 4.68 Å². The first-order chi connectivity index (χ1) is 8.08. The monoisotopic (exact) mass is 233 g/mol. The second kappa shape index (κ2) is 4.08. The molecule has 90 valence electrons. The molecule has 0 spiro atoms. The van der Waals surface area contributed by atoms with Crippen LogP contribution in [0, 0.1) is 6.92 Å². The lowest BCUT2D eigenvalue weighted by atomic mass is 10.1. The number of ether oxygens (including phenoxy) is 1. The highest BCUT2D eigenvalue weighted by Crippen LogP contribution is 2.20. The molecule has 0 aliphatic rings. The maximum absolute atomic E-state index is 11.9. The van der Waals surface area contributed by atoms with Crippen molar-refractivity contribution in [2.75, 3.05) is 7.11 Å². The maximum atomic E-state index is 11.9. The number of methoxy groups -OCH3 is 1. The predicted octanol–water partition coefficient (Wildman–Crippen LogP) is 1.67. The number of hydrogen-bond acceptors (Lipinski definition) is 3. The second-order valence-corrected chi connectivity index (χ2v) is 3.83. The van der Waals surface area contributed by atoms with Crippen molar-refractivity contribution in [3.8, 4) is 0 Å². The lowest BCUT2D eigenvalue weighted by Gasteiger charge is -2.06. The molecule has 0 amide bonds. The highest BCUT2D eigenvalue weighted by atomic mass is 16.5. The smallest absolute Gasteiger partial charge is 0.259 e. The molecule has 0 fully saturated rings. The van der Waals surface area contributed by atoms with E-state index in [4.69, 9.17) is 4.74 Å². The Balaban J connectivity index is 2.79. The molecule has 0 bridgehead atoms. The zero-order valence-electron chi connectivity index (χ0n) is 10.2. The highest BCUT2D eigenvalue weighted by molar-refractivity contribution is 5.81. The average Bonchev–Trinajstić information content (AvgIpc) is 2.71. The fourth-order valence-corrected chi connectivity index (χ4v) is 1.86. The summed E-state index contributed by atoms with van der Waals surface area (Å²) in [6, 6.07) is 0. The number of nitrogens with one attached hydrogen (secondary N) is 1. The van der Waals surface area contributed by atoms with Crippen molar-refractivity contribution in [1.82, 2.24) is 14.8 Å². The molecule has 2 aromatic heterocycles. The Kier molecular flexibility index (Phi) is 2.75. The standard InChI is InChI=1S/C12H15N3O2/c1-5-15-6-9-11(14-15)7(2)10(8(3)17-4)12(16)13-9/h6H,3,5H2,1-2,4H3,(H,13,16). The summed E-state index contributed by atoms with van der Waals surface area (Å²) in [4.78, 5) is 14.7. The third-order valence-corrected chi connectivity index (χ3v) is 2.82. The molecule has 0 unspecified atom stereocenters. The van der Waals surface area contributed by atoms with Crippen LogP contribution in [-0.2, 0) is 11.3 Å². The fourth-order valence-electron chi connectivity index (χ4n) is 1.86. The first-order valence-electron chi connectivity index (χ1n) is 5.41. The number of fused-ring (bicyclic) bond motifs is 1. The normalized spacial score (nSPS) is 10.8. The van der Waals surface area contributed by atoms with E-state index in [0.29, 0.717) is 11.3 Å². The Morgan fingerprint density at radius 1 is 1.65 bits per heavy atom. The largest absolute Gasteiger partial charge is 0.497 e. The minimum absolute atomic E-state index is 0.197. The molecule has 0 radical (unpaired) electrons. The molecule has 2 aromatic rings. The first kappa shape index (κ1) is 11.4. The van der Waals surface area contributed by atoms with Crippen molar-refractivity contribution in [3.05, 3.63) is 34.3 Å². The average molecular weight is 233 g/mol. The van der Waals surface area contributed by atoms with Crippen LogP contribution in [0.1, 0.15) is 18.1 Å². The molecule has 0 aromatic carbocycles. The Labute approximate surface area is 98.7 Å². The molecule has 0 aliphatic carbocycles. The second-order valence-electron chi connectivity index (χ2n) is 3.83. The summed E-state index contributed by atoms with van der Waals surface area (Å²) in [6.45, 7) is 8.33. The number of aryl methyl sites for hydroxylation is 2. The van der Waals surface area contributed by atoms with Gasteiger partial charge < -0.3 is 9.72 Å². The van der Waals surface area contributed by atoms with E-state index in [9.17, 15) is 4.79 Å². The quantitative estimate of drug-likeness (QED) is 0.820. The Bertz CT molecular complexity index is 637. The molecular formula is C12H15N3O2. The van der Waals surface area contributed by atoms with Gasteiger partial charge in [0, 0.05) is 12.7 Å². The number of nitrogens with zero attached hydrogens (tertiary/aromatic N) is 2. The summed E-state index contributed by atoms with van der Waals surface area (Å²) in [6.07, 6.45) is 1.82. The van der Waals surface area contributed by atoms with Gasteiger partial charge in [0.2, 0.25) is 0 Å². The van der Waals surface area contributed by atoms with Gasteiger partial charge in [-0.2, -0.15) is 5.10 Å². The number of aromatic nitrogens is 3. The van der Waals surface area contributed by atoms with Crippen LogP contribution in [0.3, 0.4) is 0 Å². The van der Waals surface area contributed by atoms with Gasteiger partial charge in [0.1, 0.15) is 11.3 Å². The molecule has 1 N–H and O–H groups in total. The van der Waals surface area contributed by atoms with Gasteiger partial charge in [-0.15, -0.1) is 0 Å². The van der Waals surface area contributed by atoms with E-state index >= 15 is 0 Å². The van der Waals surface area contributed by atoms with Gasteiger partial charge >= 0.3 is 0 Å². The lowest BCUT2D eigenvalue weighted by Crippen LogP contribution is -2.14. The van der Waals surface area contributed by atoms with Crippen LogP contribution in [0.2, 0.25) is 0 Å². The molecule has 0 aliphatic heterocycles. The number of pyridine rings is 1. The zero-order valence-corrected chi connectivity index (χ0v) is 10.2. The number of rotatable bonds is 3. The summed E-state index contributed by atoms with van der Waals surface area (Å²) < 4.78 is 6.82. The van der Waals surface area contributed by atoms with E-state index in [2.05, 4.69) is 16.7 Å².